The highest BCUT2D eigenvalue weighted by Gasteiger charge is 2.80. The Morgan fingerprint density at radius 3 is 1.37 bits per heavy atom. The maximum absolute atomic E-state index is 16.5. The summed E-state index contributed by atoms with van der Waals surface area (Å²) >= 11 is 4.19. The van der Waals surface area contributed by atoms with Crippen LogP contribution in [0.3, 0.4) is 0 Å². The summed E-state index contributed by atoms with van der Waals surface area (Å²) in [6, 6.07) is 28.5. The predicted molar refractivity (Wildman–Crippen MR) is 333 cm³/mol. The number of hydrogen-bond acceptors (Lipinski definition) is 10. The van der Waals surface area contributed by atoms with E-state index in [1.54, 1.807) is 55.5 Å². The molecular formula is C68H54F6N2O6S4. The van der Waals surface area contributed by atoms with E-state index in [4.69, 9.17) is 4.74 Å². The van der Waals surface area contributed by atoms with Crippen LogP contribution in [0.25, 0.3) is 73.7 Å². The van der Waals surface area contributed by atoms with E-state index >= 15 is 26.3 Å². The van der Waals surface area contributed by atoms with Gasteiger partial charge in [0.1, 0.15) is 10.6 Å². The summed E-state index contributed by atoms with van der Waals surface area (Å²) in [5, 5.41) is 5.38. The number of nitrogens with zero attached hydrogens (tertiary/aromatic N) is 2. The normalized spacial score (nSPS) is 16.3. The van der Waals surface area contributed by atoms with Gasteiger partial charge in [0.05, 0.1) is 5.69 Å². The predicted octanol–water partition coefficient (Wildman–Crippen LogP) is 20.0. The van der Waals surface area contributed by atoms with E-state index in [0.29, 0.717) is 53.3 Å². The van der Waals surface area contributed by atoms with Gasteiger partial charge in [0, 0.05) is 89.9 Å². The van der Waals surface area contributed by atoms with Crippen LogP contribution in [-0.4, -0.2) is 58.3 Å². The Hall–Kier alpha value is -7.51. The number of carbonyl (C=O) groups excluding carboxylic acids is 5. The van der Waals surface area contributed by atoms with Crippen LogP contribution in [0.1, 0.15) is 155 Å². The molecule has 10 aromatic rings. The number of benzene rings is 6. The van der Waals surface area contributed by atoms with Crippen LogP contribution >= 0.6 is 45.3 Å². The molecule has 3 aliphatic rings. The van der Waals surface area contributed by atoms with Gasteiger partial charge in [-0.1, -0.05) is 89.5 Å². The number of ether oxygens (including phenoxy) is 1. The number of halogens is 6. The molecule has 6 aromatic carbocycles. The van der Waals surface area contributed by atoms with Gasteiger partial charge >= 0.3 is 23.7 Å². The van der Waals surface area contributed by atoms with Crippen LogP contribution < -0.4 is 9.64 Å². The number of aryl methyl sites for hydroxylation is 3. The molecule has 0 N–H and O–H groups in total. The van der Waals surface area contributed by atoms with E-state index in [1.165, 1.54) is 64.8 Å². The molecule has 0 atom stereocenters. The summed E-state index contributed by atoms with van der Waals surface area (Å²) in [5.74, 6) is -20.2. The third-order valence-electron chi connectivity index (χ3n) is 17.1. The fourth-order valence-electron chi connectivity index (χ4n) is 13.0. The Bertz CT molecular complexity index is 4400. The topological polar surface area (TPSA) is 101 Å². The number of fused-ring (bicyclic) bond motifs is 2. The Balaban J connectivity index is 0.828. The van der Waals surface area contributed by atoms with E-state index in [0.717, 1.165) is 123 Å². The quantitative estimate of drug-likeness (QED) is 0.0161. The van der Waals surface area contributed by atoms with Gasteiger partial charge in [0.15, 0.2) is 0 Å². The lowest BCUT2D eigenvalue weighted by atomic mass is 9.82. The van der Waals surface area contributed by atoms with Crippen LogP contribution in [-0.2, 0) is 0 Å². The molecular weight excluding hydrogens is 1180 g/mol. The number of hydrogen-bond donors (Lipinski definition) is 0. The van der Waals surface area contributed by atoms with Crippen molar-refractivity contribution in [1.29, 1.82) is 0 Å². The number of esters is 1. The molecule has 8 nitrogen and oxygen atoms in total. The minimum Gasteiger partial charge on any atom is -0.422 e. The maximum atomic E-state index is 16.5. The zero-order valence-corrected chi connectivity index (χ0v) is 50.6. The number of anilines is 1. The minimum absolute atomic E-state index is 0.0799. The van der Waals surface area contributed by atoms with Crippen molar-refractivity contribution in [3.63, 3.8) is 0 Å². The number of unbranched alkanes of at least 4 members (excludes halogenated alkanes) is 6. The molecule has 0 saturated heterocycles. The van der Waals surface area contributed by atoms with E-state index in [1.807, 2.05) is 31.2 Å². The van der Waals surface area contributed by atoms with Crippen molar-refractivity contribution >= 4 is 135 Å². The Morgan fingerprint density at radius 2 is 0.919 bits per heavy atom. The lowest BCUT2D eigenvalue weighted by molar-refractivity contribution is -0.254. The van der Waals surface area contributed by atoms with E-state index < -0.39 is 62.7 Å². The van der Waals surface area contributed by atoms with Gasteiger partial charge in [0.25, 0.3) is 23.6 Å². The number of thiophene rings is 4. The molecule has 13 rings (SSSR count). The monoisotopic (exact) mass is 1240 g/mol. The highest BCUT2D eigenvalue weighted by molar-refractivity contribution is 7.23. The number of amides is 4. The number of carbonyl (C=O) groups is 5. The Labute approximate surface area is 506 Å². The molecule has 4 amide bonds. The van der Waals surface area contributed by atoms with Gasteiger partial charge < -0.3 is 4.74 Å². The largest absolute Gasteiger partial charge is 0.422 e. The van der Waals surface area contributed by atoms with Crippen molar-refractivity contribution in [1.82, 2.24) is 4.90 Å². The fourth-order valence-corrected chi connectivity index (χ4v) is 16.9. The lowest BCUT2D eigenvalue weighted by Crippen LogP contribution is -2.49. The summed E-state index contributed by atoms with van der Waals surface area (Å²) in [5.41, 5.74) is -3.15. The highest BCUT2D eigenvalue weighted by Crippen LogP contribution is 2.66. The van der Waals surface area contributed by atoms with Crippen molar-refractivity contribution in [3.05, 3.63) is 162 Å². The third-order valence-corrected chi connectivity index (χ3v) is 21.7. The maximum Gasteiger partial charge on any atom is 0.380 e. The van der Waals surface area contributed by atoms with Crippen molar-refractivity contribution in [2.75, 3.05) is 4.90 Å². The SMILES string of the molecule is CCCCCCC(CCCCCC)N1C(=O)c2ccc3c4ccc5c6c(ccc(c7ccc(c2c37)C1=O)c64)C(=O)N(c1ccc(OC(=O)c2sc(-c3ccc(C)s3)cc2C2=C(c3cc(-c4ccc(C)s4)sc3C)C(F)(F)C(F)(F)C2(F)F)cc1)C5=O. The number of imide groups is 2. The fraction of sp³-hybridized carbons (Fsp3) is 0.279. The van der Waals surface area contributed by atoms with Crippen LogP contribution in [0.15, 0.2) is 109 Å². The zero-order chi connectivity index (χ0) is 60.5. The van der Waals surface area contributed by atoms with Crippen molar-refractivity contribution in [2.45, 2.75) is 123 Å². The molecule has 18 heteroatoms. The number of alkyl halides is 6. The molecule has 0 radical (unpaired) electrons. The summed E-state index contributed by atoms with van der Waals surface area (Å²) in [4.78, 5) is 78.6. The van der Waals surface area contributed by atoms with Gasteiger partial charge in [-0.2, -0.15) is 26.3 Å². The summed E-state index contributed by atoms with van der Waals surface area (Å²) in [7, 11) is 0. The van der Waals surface area contributed by atoms with Crippen LogP contribution in [0, 0.1) is 20.8 Å². The van der Waals surface area contributed by atoms with Crippen LogP contribution in [0.2, 0.25) is 0 Å². The molecule has 438 valence electrons. The first-order chi connectivity index (χ1) is 41.2. The second-order valence-corrected chi connectivity index (χ2v) is 27.4. The van der Waals surface area contributed by atoms with Gasteiger partial charge in [-0.25, -0.2) is 9.69 Å². The van der Waals surface area contributed by atoms with E-state index in [-0.39, 0.29) is 50.2 Å². The van der Waals surface area contributed by atoms with Gasteiger partial charge in [-0.15, -0.1) is 45.3 Å². The molecule has 1 aliphatic carbocycles. The number of allylic oxidation sites excluding steroid dienone is 2. The molecule has 0 bridgehead atoms. The average molecular weight is 1240 g/mol. The zero-order valence-electron chi connectivity index (χ0n) is 47.3. The molecule has 86 heavy (non-hydrogen) atoms. The third kappa shape index (κ3) is 8.81. The molecule has 0 saturated carbocycles. The second-order valence-electron chi connectivity index (χ2n) is 22.5. The van der Waals surface area contributed by atoms with Crippen LogP contribution in [0.4, 0.5) is 32.0 Å². The lowest BCUT2D eigenvalue weighted by Gasteiger charge is -2.35. The van der Waals surface area contributed by atoms with Crippen molar-refractivity contribution < 1.29 is 55.1 Å². The van der Waals surface area contributed by atoms with Crippen molar-refractivity contribution in [3.8, 4) is 25.3 Å². The molecule has 0 fully saturated rings. The van der Waals surface area contributed by atoms with Gasteiger partial charge in [-0.05, 0) is 156 Å². The number of rotatable bonds is 18. The standard InChI is InChI=1S/C68H54F6N2O6S4/c1-6-8-10-12-14-37(15-13-11-9-7-2)75-61(77)44-26-22-40-42-24-28-46-57-47(29-25-43(55(42)57)41-23-27-45(62(75)78)56(44)54(40)41)64(80)76(63(46)79)38-18-20-39(21-19-38)82-65(81)60-49(33-53(86-60)51-31-17-35(4)84-51)59-58(66(69,70)68(73,74)67(59,71)72)48-32-52(85-36(48)5)50-30-16-34(3)83-50/h16-33,37H,6-15H2,1-5H3. The molecule has 2 aliphatic heterocycles. The summed E-state index contributed by atoms with van der Waals surface area (Å²) in [6.07, 6.45) is 9.72. The highest BCUT2D eigenvalue weighted by atomic mass is 32.1. The smallest absolute Gasteiger partial charge is 0.380 e. The first-order valence-corrected chi connectivity index (χ1v) is 32.0. The van der Waals surface area contributed by atoms with Crippen LogP contribution in [0.5, 0.6) is 5.75 Å². The van der Waals surface area contributed by atoms with Crippen molar-refractivity contribution in [2.24, 2.45) is 0 Å². The first-order valence-electron chi connectivity index (χ1n) is 28.7. The first kappa shape index (κ1) is 57.6. The van der Waals surface area contributed by atoms with Gasteiger partial charge in [0.2, 0.25) is 0 Å². The minimum atomic E-state index is -5.90. The molecule has 6 heterocycles. The van der Waals surface area contributed by atoms with E-state index in [2.05, 4.69) is 13.8 Å². The van der Waals surface area contributed by atoms with Gasteiger partial charge in [-0.3, -0.25) is 24.1 Å². The molecule has 0 unspecified atom stereocenters. The second kappa shape index (κ2) is 21.4. The summed E-state index contributed by atoms with van der Waals surface area (Å²) < 4.78 is 103. The Morgan fingerprint density at radius 1 is 0.477 bits per heavy atom. The molecule has 4 aromatic heterocycles. The molecule has 0 spiro atoms. The summed E-state index contributed by atoms with van der Waals surface area (Å²) in [6.45, 7) is 9.31. The Kier molecular flexibility index (Phi) is 14.3. The average Bonchev–Trinajstić information content (AvgIpc) is 1.19. The van der Waals surface area contributed by atoms with E-state index in [9.17, 15) is 24.0 Å².